The number of benzene rings is 1. The molecule has 0 spiro atoms. The molecule has 1 atom stereocenters. The zero-order valence-corrected chi connectivity index (χ0v) is 16.2. The molecule has 0 aliphatic carbocycles. The Labute approximate surface area is 162 Å². The average molecular weight is 373 g/mol. The number of aliphatic hydroxyl groups excluding tert-OH is 1. The van der Waals surface area contributed by atoms with Gasteiger partial charge in [0.05, 0.1) is 0 Å². The fourth-order valence-corrected chi connectivity index (χ4v) is 4.39. The molecule has 2 heterocycles. The van der Waals surface area contributed by atoms with Gasteiger partial charge in [-0.25, -0.2) is 0 Å². The zero-order valence-electron chi connectivity index (χ0n) is 16.2. The van der Waals surface area contributed by atoms with Crippen LogP contribution >= 0.6 is 0 Å². The lowest BCUT2D eigenvalue weighted by atomic mass is 9.94. The molecule has 0 aromatic heterocycles. The maximum Gasteiger partial charge on any atom is 0.222 e. The van der Waals surface area contributed by atoms with Crippen molar-refractivity contribution in [3.05, 3.63) is 35.9 Å². The molecule has 2 fully saturated rings. The van der Waals surface area contributed by atoms with Gasteiger partial charge < -0.3 is 10.0 Å². The van der Waals surface area contributed by atoms with E-state index >= 15 is 0 Å². The Morgan fingerprint density at radius 1 is 1.00 bits per heavy atom. The molecule has 1 aromatic rings. The summed E-state index contributed by atoms with van der Waals surface area (Å²) in [5, 5.41) is 9.41. The van der Waals surface area contributed by atoms with Crippen LogP contribution in [0.25, 0.3) is 0 Å². The highest BCUT2D eigenvalue weighted by atomic mass is 16.3. The molecule has 148 valence electrons. The molecule has 5 nitrogen and oxygen atoms in total. The summed E-state index contributed by atoms with van der Waals surface area (Å²) in [6.45, 7) is 4.04. The van der Waals surface area contributed by atoms with E-state index in [-0.39, 0.29) is 18.3 Å². The Kier molecular flexibility index (Phi) is 7.41. The van der Waals surface area contributed by atoms with Crippen LogP contribution in [0.1, 0.15) is 55.3 Å². The van der Waals surface area contributed by atoms with Crippen molar-refractivity contribution in [1.82, 2.24) is 9.80 Å². The predicted octanol–water partition coefficient (Wildman–Crippen LogP) is 2.73. The van der Waals surface area contributed by atoms with E-state index in [1.807, 2.05) is 35.2 Å². The van der Waals surface area contributed by atoms with Crippen molar-refractivity contribution >= 4 is 11.7 Å². The number of nitrogens with zero attached hydrogens (tertiary/aromatic N) is 2. The number of Topliss-reactive ketones (excluding diaryl/α,β-unsaturated/α-hetero) is 1. The SMILES string of the molecule is O=C(CCCC(=O)N1CCC(N2CCC[C@H](CO)C2)CC1)c1ccccc1. The number of likely N-dealkylation sites (tertiary alicyclic amines) is 2. The summed E-state index contributed by atoms with van der Waals surface area (Å²) >= 11 is 0. The number of carbonyl (C=O) groups excluding carboxylic acids is 2. The van der Waals surface area contributed by atoms with Crippen molar-refractivity contribution in [2.45, 2.75) is 51.0 Å². The average Bonchev–Trinajstić information content (AvgIpc) is 2.74. The lowest BCUT2D eigenvalue weighted by Gasteiger charge is -2.42. The second kappa shape index (κ2) is 10.00. The van der Waals surface area contributed by atoms with E-state index in [1.165, 1.54) is 6.42 Å². The molecule has 0 saturated carbocycles. The van der Waals surface area contributed by atoms with Gasteiger partial charge in [0.25, 0.3) is 0 Å². The number of aliphatic hydroxyl groups is 1. The van der Waals surface area contributed by atoms with Gasteiger partial charge in [0, 0.05) is 50.7 Å². The fraction of sp³-hybridized carbons (Fsp3) is 0.636. The minimum absolute atomic E-state index is 0.116. The van der Waals surface area contributed by atoms with Crippen molar-refractivity contribution in [2.24, 2.45) is 5.92 Å². The third-order valence-electron chi connectivity index (χ3n) is 6.03. The molecule has 2 aliphatic rings. The van der Waals surface area contributed by atoms with E-state index < -0.39 is 0 Å². The highest BCUT2D eigenvalue weighted by Crippen LogP contribution is 2.24. The number of rotatable bonds is 7. The smallest absolute Gasteiger partial charge is 0.222 e. The van der Waals surface area contributed by atoms with Crippen molar-refractivity contribution in [1.29, 1.82) is 0 Å². The Hall–Kier alpha value is -1.72. The Morgan fingerprint density at radius 3 is 2.44 bits per heavy atom. The highest BCUT2D eigenvalue weighted by molar-refractivity contribution is 5.96. The first-order chi connectivity index (χ1) is 13.2. The molecule has 2 saturated heterocycles. The van der Waals surface area contributed by atoms with Crippen molar-refractivity contribution in [3.63, 3.8) is 0 Å². The standard InChI is InChI=1S/C22H32N2O3/c25-17-18-6-5-13-24(16-18)20-11-14-23(15-12-20)22(27)10-4-9-21(26)19-7-2-1-3-8-19/h1-3,7-8,18,20,25H,4-6,9-17H2/t18-/m0/s1. The second-order valence-electron chi connectivity index (χ2n) is 7.94. The summed E-state index contributed by atoms with van der Waals surface area (Å²) < 4.78 is 0. The van der Waals surface area contributed by atoms with Crippen LogP contribution in [0.3, 0.4) is 0 Å². The van der Waals surface area contributed by atoms with E-state index in [0.717, 1.165) is 51.0 Å². The van der Waals surface area contributed by atoms with E-state index in [0.29, 0.717) is 31.2 Å². The van der Waals surface area contributed by atoms with Gasteiger partial charge in [-0.2, -0.15) is 0 Å². The topological polar surface area (TPSA) is 60.9 Å². The third-order valence-corrected chi connectivity index (χ3v) is 6.03. The maximum absolute atomic E-state index is 12.5. The van der Waals surface area contributed by atoms with Gasteiger partial charge in [0.1, 0.15) is 0 Å². The van der Waals surface area contributed by atoms with Crippen LogP contribution in [0, 0.1) is 5.92 Å². The minimum Gasteiger partial charge on any atom is -0.396 e. The molecule has 1 N–H and O–H groups in total. The summed E-state index contributed by atoms with van der Waals surface area (Å²) in [4.78, 5) is 29.1. The quantitative estimate of drug-likeness (QED) is 0.748. The van der Waals surface area contributed by atoms with Crippen LogP contribution in [0.5, 0.6) is 0 Å². The zero-order chi connectivity index (χ0) is 19.1. The van der Waals surface area contributed by atoms with Crippen LogP contribution in [-0.4, -0.2) is 65.4 Å². The number of ketones is 1. The molecule has 5 heteroatoms. The first-order valence-electron chi connectivity index (χ1n) is 10.4. The van der Waals surface area contributed by atoms with Gasteiger partial charge in [-0.15, -0.1) is 0 Å². The minimum atomic E-state index is 0.116. The van der Waals surface area contributed by atoms with Gasteiger partial charge in [-0.3, -0.25) is 14.5 Å². The Balaban J connectivity index is 1.36. The van der Waals surface area contributed by atoms with Gasteiger partial charge in [0.15, 0.2) is 5.78 Å². The van der Waals surface area contributed by atoms with Gasteiger partial charge >= 0.3 is 0 Å². The molecule has 0 radical (unpaired) electrons. The molecular formula is C22H32N2O3. The molecule has 1 aromatic carbocycles. The van der Waals surface area contributed by atoms with Crippen LogP contribution < -0.4 is 0 Å². The summed E-state index contributed by atoms with van der Waals surface area (Å²) in [6.07, 6.45) is 5.85. The Morgan fingerprint density at radius 2 is 1.74 bits per heavy atom. The normalized spacial score (nSPS) is 22.0. The van der Waals surface area contributed by atoms with E-state index in [4.69, 9.17) is 0 Å². The lowest BCUT2D eigenvalue weighted by molar-refractivity contribution is -0.133. The lowest BCUT2D eigenvalue weighted by Crippen LogP contribution is -2.50. The van der Waals surface area contributed by atoms with Gasteiger partial charge in [-0.05, 0) is 44.6 Å². The summed E-state index contributed by atoms with van der Waals surface area (Å²) in [6, 6.07) is 9.84. The van der Waals surface area contributed by atoms with Crippen molar-refractivity contribution < 1.29 is 14.7 Å². The van der Waals surface area contributed by atoms with Crippen LogP contribution in [0.2, 0.25) is 0 Å². The fourth-order valence-electron chi connectivity index (χ4n) is 4.39. The Bertz CT molecular complexity index is 611. The molecule has 1 amide bonds. The molecule has 27 heavy (non-hydrogen) atoms. The summed E-state index contributed by atoms with van der Waals surface area (Å²) in [5.41, 5.74) is 0.730. The number of hydrogen-bond donors (Lipinski definition) is 1. The molecular weight excluding hydrogens is 340 g/mol. The van der Waals surface area contributed by atoms with Crippen LogP contribution in [0.4, 0.5) is 0 Å². The molecule has 3 rings (SSSR count). The van der Waals surface area contributed by atoms with E-state index in [1.54, 1.807) is 0 Å². The maximum atomic E-state index is 12.5. The van der Waals surface area contributed by atoms with E-state index in [9.17, 15) is 14.7 Å². The van der Waals surface area contributed by atoms with Crippen LogP contribution in [0.15, 0.2) is 30.3 Å². The number of amides is 1. The molecule has 2 aliphatic heterocycles. The molecule has 0 unspecified atom stereocenters. The number of hydrogen-bond acceptors (Lipinski definition) is 4. The monoisotopic (exact) mass is 372 g/mol. The van der Waals surface area contributed by atoms with Crippen LogP contribution in [-0.2, 0) is 4.79 Å². The molecule has 0 bridgehead atoms. The predicted molar refractivity (Wildman–Crippen MR) is 106 cm³/mol. The first-order valence-corrected chi connectivity index (χ1v) is 10.4. The highest BCUT2D eigenvalue weighted by Gasteiger charge is 2.29. The van der Waals surface area contributed by atoms with E-state index in [2.05, 4.69) is 4.90 Å². The van der Waals surface area contributed by atoms with Gasteiger partial charge in [0.2, 0.25) is 5.91 Å². The summed E-state index contributed by atoms with van der Waals surface area (Å²) in [5.74, 6) is 0.715. The third kappa shape index (κ3) is 5.63. The second-order valence-corrected chi connectivity index (χ2v) is 7.94. The largest absolute Gasteiger partial charge is 0.396 e. The van der Waals surface area contributed by atoms with Crippen molar-refractivity contribution in [2.75, 3.05) is 32.8 Å². The summed E-state index contributed by atoms with van der Waals surface area (Å²) in [7, 11) is 0. The van der Waals surface area contributed by atoms with Crippen molar-refractivity contribution in [3.8, 4) is 0 Å². The number of carbonyl (C=O) groups is 2. The van der Waals surface area contributed by atoms with Gasteiger partial charge in [-0.1, -0.05) is 30.3 Å². The first kappa shape index (κ1) is 20.0. The number of piperidine rings is 2.